The molecule has 34 heavy (non-hydrogen) atoms. The number of nitrogens with zero attached hydrogens (tertiary/aromatic N) is 5. The SMILES string of the molecule is C[N+]1(CC2=C(C(=O)[O-])N3C(=O)[C@@H](NC(=O)/C(=N\O)c4nsc(N)n4)[C@H]3SC2)C=C2COCC2=C1. The van der Waals surface area contributed by atoms with E-state index in [1.807, 2.05) is 19.4 Å². The fraction of sp³-hybridized carbons (Fsp3) is 0.368. The van der Waals surface area contributed by atoms with Crippen LogP contribution >= 0.6 is 23.3 Å². The van der Waals surface area contributed by atoms with Crippen LogP contribution in [0, 0.1) is 0 Å². The van der Waals surface area contributed by atoms with Crippen molar-refractivity contribution >= 4 is 51.9 Å². The van der Waals surface area contributed by atoms with Gasteiger partial charge in [0.05, 0.1) is 31.9 Å². The van der Waals surface area contributed by atoms with Crippen molar-refractivity contribution < 1.29 is 33.9 Å². The van der Waals surface area contributed by atoms with E-state index in [2.05, 4.69) is 19.8 Å². The van der Waals surface area contributed by atoms with Crippen LogP contribution in [0.5, 0.6) is 0 Å². The summed E-state index contributed by atoms with van der Waals surface area (Å²) in [4.78, 5) is 42.5. The number of anilines is 1. The number of nitrogen functional groups attached to an aromatic ring is 1. The Morgan fingerprint density at radius 2 is 2.12 bits per heavy atom. The van der Waals surface area contributed by atoms with Gasteiger partial charge in [-0.1, -0.05) is 5.16 Å². The van der Waals surface area contributed by atoms with Crippen molar-refractivity contribution in [3.8, 4) is 0 Å². The predicted octanol–water partition coefficient (Wildman–Crippen LogP) is -2.04. The van der Waals surface area contributed by atoms with Crippen molar-refractivity contribution in [2.45, 2.75) is 11.4 Å². The van der Waals surface area contributed by atoms with Crippen LogP contribution in [0.25, 0.3) is 0 Å². The van der Waals surface area contributed by atoms with Gasteiger partial charge in [0, 0.05) is 34.0 Å². The zero-order chi connectivity index (χ0) is 24.2. The summed E-state index contributed by atoms with van der Waals surface area (Å²) in [5, 5.41) is 26.1. The summed E-state index contributed by atoms with van der Waals surface area (Å²) < 4.78 is 9.61. The third-order valence-electron chi connectivity index (χ3n) is 5.86. The van der Waals surface area contributed by atoms with Crippen LogP contribution in [-0.2, 0) is 19.1 Å². The van der Waals surface area contributed by atoms with Crippen molar-refractivity contribution in [1.82, 2.24) is 19.6 Å². The van der Waals surface area contributed by atoms with E-state index in [4.69, 9.17) is 10.5 Å². The highest BCUT2D eigenvalue weighted by Gasteiger charge is 2.54. The molecule has 4 aliphatic heterocycles. The number of nitrogens with two attached hydrogens (primary N) is 1. The summed E-state index contributed by atoms with van der Waals surface area (Å²) in [6.45, 7) is 1.41. The fourth-order valence-corrected chi connectivity index (χ4v) is 6.24. The third-order valence-corrected chi connectivity index (χ3v) is 7.74. The molecule has 0 unspecified atom stereocenters. The largest absolute Gasteiger partial charge is 0.543 e. The van der Waals surface area contributed by atoms with Gasteiger partial charge in [0.15, 0.2) is 5.13 Å². The summed E-state index contributed by atoms with van der Waals surface area (Å²) in [5.74, 6) is -2.78. The second-order valence-corrected chi connectivity index (χ2v) is 10.2. The Hall–Kier alpha value is -3.27. The van der Waals surface area contributed by atoms with Crippen molar-refractivity contribution in [3.63, 3.8) is 0 Å². The maximum atomic E-state index is 12.9. The number of hydrogen-bond donors (Lipinski definition) is 3. The number of fused-ring (bicyclic) bond motifs is 2. The molecule has 2 fully saturated rings. The first-order valence-electron chi connectivity index (χ1n) is 10.1. The molecule has 5 heterocycles. The molecule has 1 aromatic heterocycles. The lowest BCUT2D eigenvalue weighted by atomic mass is 10.0. The summed E-state index contributed by atoms with van der Waals surface area (Å²) in [6.07, 6.45) is 4.05. The minimum Gasteiger partial charge on any atom is -0.543 e. The molecule has 4 aliphatic rings. The number of oxime groups is 1. The van der Waals surface area contributed by atoms with Gasteiger partial charge < -0.3 is 30.9 Å². The zero-order valence-electron chi connectivity index (χ0n) is 17.8. The lowest BCUT2D eigenvalue weighted by Crippen LogP contribution is -2.71. The summed E-state index contributed by atoms with van der Waals surface area (Å²) in [5.41, 5.74) is 7.56. The van der Waals surface area contributed by atoms with Crippen LogP contribution in [0.3, 0.4) is 0 Å². The molecular weight excluding hydrogens is 486 g/mol. The first-order chi connectivity index (χ1) is 16.2. The number of hydrogen-bond acceptors (Lipinski definition) is 12. The molecule has 5 rings (SSSR count). The number of aliphatic carboxylic acids is 1. The third kappa shape index (κ3) is 3.66. The van der Waals surface area contributed by atoms with Crippen LogP contribution < -0.4 is 16.2 Å². The maximum Gasteiger partial charge on any atom is 0.278 e. The molecule has 4 N–H and O–H groups in total. The molecule has 1 aromatic rings. The molecule has 178 valence electrons. The molecule has 0 spiro atoms. The van der Waals surface area contributed by atoms with E-state index >= 15 is 0 Å². The molecule has 15 heteroatoms. The Bertz CT molecular complexity index is 1220. The molecule has 2 amide bonds. The molecule has 2 saturated heterocycles. The van der Waals surface area contributed by atoms with Crippen LogP contribution in [0.15, 0.2) is 40.0 Å². The molecule has 0 radical (unpaired) electrons. The van der Waals surface area contributed by atoms with E-state index in [1.54, 1.807) is 0 Å². The number of thioether (sulfide) groups is 1. The second-order valence-electron chi connectivity index (χ2n) is 8.31. The molecule has 0 bridgehead atoms. The topological polar surface area (TPSA) is 183 Å². The summed E-state index contributed by atoms with van der Waals surface area (Å²) in [7, 11) is 1.95. The van der Waals surface area contributed by atoms with Crippen molar-refractivity contribution in [3.05, 3.63) is 40.6 Å². The van der Waals surface area contributed by atoms with Gasteiger partial charge in [0.2, 0.25) is 11.5 Å². The highest BCUT2D eigenvalue weighted by atomic mass is 32.2. The number of quaternary nitrogens is 1. The number of carboxylic acid groups (broad SMARTS) is 1. The monoisotopic (exact) mass is 505 g/mol. The Balaban J connectivity index is 1.34. The number of carboxylic acids is 1. The average Bonchev–Trinajstić information content (AvgIpc) is 3.47. The number of aromatic nitrogens is 2. The maximum absolute atomic E-state index is 12.9. The molecule has 0 saturated carbocycles. The van der Waals surface area contributed by atoms with Crippen LogP contribution in [0.2, 0.25) is 0 Å². The average molecular weight is 506 g/mol. The van der Waals surface area contributed by atoms with Gasteiger partial charge in [-0.3, -0.25) is 19.0 Å². The highest BCUT2D eigenvalue weighted by molar-refractivity contribution is 8.00. The molecule has 0 aliphatic carbocycles. The van der Waals surface area contributed by atoms with E-state index in [0.29, 0.717) is 35.6 Å². The Morgan fingerprint density at radius 1 is 1.41 bits per heavy atom. The van der Waals surface area contributed by atoms with Crippen molar-refractivity contribution in [2.24, 2.45) is 5.16 Å². The van der Waals surface area contributed by atoms with E-state index in [-0.39, 0.29) is 16.7 Å². The Morgan fingerprint density at radius 3 is 2.71 bits per heavy atom. The van der Waals surface area contributed by atoms with Gasteiger partial charge in [-0.05, 0) is 0 Å². The number of amides is 2. The molecule has 13 nitrogen and oxygen atoms in total. The number of carbonyl (C=O) groups excluding carboxylic acids is 3. The first-order valence-corrected chi connectivity index (χ1v) is 11.9. The minimum atomic E-state index is -1.45. The standard InChI is InChI=1S/C19H19N7O6S2/c1-26(2-8-5-32-6-9(8)3-26)4-10-7-33-17-12(16(28)25(17)13(10)18(29)30)21-15(27)11(23-31)14-22-19(20)34-24-14/h2-3,12,17H,4-7H2,1H3,(H4-,20,21,22,24,27,29,30,31)/t12-,17-/m1/s1. The normalized spacial score (nSPS) is 25.4. The van der Waals surface area contributed by atoms with Gasteiger partial charge in [-0.2, -0.15) is 9.36 Å². The van der Waals surface area contributed by atoms with Crippen molar-refractivity contribution in [2.75, 3.05) is 38.3 Å². The van der Waals surface area contributed by atoms with Crippen molar-refractivity contribution in [1.29, 1.82) is 0 Å². The molecule has 0 aromatic carbocycles. The predicted molar refractivity (Wildman–Crippen MR) is 118 cm³/mol. The zero-order valence-corrected chi connectivity index (χ0v) is 19.4. The lowest BCUT2D eigenvalue weighted by Gasteiger charge is -2.51. The van der Waals surface area contributed by atoms with E-state index in [0.717, 1.165) is 27.6 Å². The quantitative estimate of drug-likeness (QED) is 0.128. The fourth-order valence-electron chi connectivity index (χ4n) is 4.47. The number of β-lactam (4-membered cyclic amide) rings is 1. The number of ether oxygens (including phenoxy) is 1. The van der Waals surface area contributed by atoms with Gasteiger partial charge >= 0.3 is 0 Å². The van der Waals surface area contributed by atoms with Gasteiger partial charge in [0.1, 0.15) is 30.4 Å². The number of carbonyl (C=O) groups is 3. The van der Waals surface area contributed by atoms with Gasteiger partial charge in [0.25, 0.3) is 11.8 Å². The summed E-state index contributed by atoms with van der Waals surface area (Å²) in [6, 6.07) is -1.02. The number of likely N-dealkylation sites (N-methyl/N-ethyl adjacent to an activating group) is 1. The van der Waals surface area contributed by atoms with Gasteiger partial charge in [-0.15, -0.1) is 11.8 Å². The lowest BCUT2D eigenvalue weighted by molar-refractivity contribution is -0.799. The van der Waals surface area contributed by atoms with Crippen LogP contribution in [0.4, 0.5) is 5.13 Å². The first kappa shape index (κ1) is 22.5. The van der Waals surface area contributed by atoms with Gasteiger partial charge in [-0.25, -0.2) is 0 Å². The molecule has 2 atom stereocenters. The molecular formula is C19H19N7O6S2. The Kier molecular flexibility index (Phi) is 5.43. The van der Waals surface area contributed by atoms with Crippen LogP contribution in [0.1, 0.15) is 5.82 Å². The summed E-state index contributed by atoms with van der Waals surface area (Å²) >= 11 is 2.15. The highest BCUT2D eigenvalue weighted by Crippen LogP contribution is 2.41. The number of rotatable bonds is 6. The smallest absolute Gasteiger partial charge is 0.278 e. The Labute approximate surface area is 201 Å². The van der Waals surface area contributed by atoms with E-state index in [1.165, 1.54) is 11.8 Å². The van der Waals surface area contributed by atoms with E-state index in [9.17, 15) is 24.7 Å². The minimum absolute atomic E-state index is 0.0748. The van der Waals surface area contributed by atoms with E-state index < -0.39 is 34.9 Å². The number of nitrogens with one attached hydrogen (secondary N) is 1. The van der Waals surface area contributed by atoms with Crippen LogP contribution in [-0.4, -0.2) is 91.4 Å². The second kappa shape index (κ2) is 8.19.